The Morgan fingerprint density at radius 2 is 1.68 bits per heavy atom. The lowest BCUT2D eigenvalue weighted by Gasteiger charge is -2.65. The van der Waals surface area contributed by atoms with E-state index < -0.39 is 17.8 Å². The van der Waals surface area contributed by atoms with Gasteiger partial charge in [0.1, 0.15) is 0 Å². The average molecular weight is 437 g/mol. The van der Waals surface area contributed by atoms with Crippen molar-refractivity contribution in [3.63, 3.8) is 0 Å². The summed E-state index contributed by atoms with van der Waals surface area (Å²) < 4.78 is 0. The summed E-state index contributed by atoms with van der Waals surface area (Å²) >= 11 is 0. The maximum atomic E-state index is 11.6. The van der Waals surface area contributed by atoms with Crippen molar-refractivity contribution in [1.29, 1.82) is 0 Å². The van der Waals surface area contributed by atoms with Gasteiger partial charge in [-0.05, 0) is 92.3 Å². The first-order valence-corrected chi connectivity index (χ1v) is 13.3. The molecule has 0 bridgehead atoms. The van der Waals surface area contributed by atoms with Crippen molar-refractivity contribution in [3.05, 3.63) is 0 Å². The molecule has 4 aliphatic rings. The van der Waals surface area contributed by atoms with Crippen molar-refractivity contribution in [2.24, 2.45) is 46.3 Å². The summed E-state index contributed by atoms with van der Waals surface area (Å²) in [5.74, 6) is 3.49. The van der Waals surface area contributed by atoms with Crippen LogP contribution in [0.3, 0.4) is 0 Å². The van der Waals surface area contributed by atoms with Gasteiger partial charge in [-0.1, -0.05) is 40.5 Å². The fraction of sp³-hybridized carbons (Fsp3) is 1.00. The minimum atomic E-state index is -1.13. The van der Waals surface area contributed by atoms with Gasteiger partial charge in [0, 0.05) is 18.4 Å². The zero-order valence-corrected chi connectivity index (χ0v) is 20.4. The molecule has 0 amide bonds. The van der Waals surface area contributed by atoms with Crippen molar-refractivity contribution in [2.45, 2.75) is 116 Å². The lowest BCUT2D eigenvalue weighted by Crippen LogP contribution is -2.68. The first-order valence-electron chi connectivity index (χ1n) is 13.3. The minimum Gasteiger partial charge on any atom is -0.396 e. The summed E-state index contributed by atoms with van der Waals surface area (Å²) in [6, 6.07) is 0. The second kappa shape index (κ2) is 8.56. The Kier molecular flexibility index (Phi) is 6.62. The number of aliphatic hydroxyl groups is 4. The molecule has 180 valence electrons. The Morgan fingerprint density at radius 3 is 2.39 bits per heavy atom. The predicted octanol–water partition coefficient (Wildman–Crippen LogP) is 4.53. The highest BCUT2D eigenvalue weighted by molar-refractivity contribution is 5.17. The van der Waals surface area contributed by atoms with Crippen LogP contribution in [0.1, 0.15) is 98.3 Å². The van der Waals surface area contributed by atoms with E-state index in [9.17, 15) is 20.4 Å². The topological polar surface area (TPSA) is 80.9 Å². The van der Waals surface area contributed by atoms with Crippen molar-refractivity contribution < 1.29 is 20.4 Å². The van der Waals surface area contributed by atoms with Crippen LogP contribution in [0.4, 0.5) is 0 Å². The molecule has 4 rings (SSSR count). The van der Waals surface area contributed by atoms with Crippen LogP contribution in [0.5, 0.6) is 0 Å². The van der Waals surface area contributed by atoms with E-state index in [1.165, 1.54) is 32.1 Å². The molecule has 0 radical (unpaired) electrons. The average Bonchev–Trinajstić information content (AvgIpc) is 3.07. The molecule has 4 saturated carbocycles. The van der Waals surface area contributed by atoms with E-state index in [0.29, 0.717) is 54.5 Å². The summed E-state index contributed by atoms with van der Waals surface area (Å²) in [6.07, 6.45) is 9.97. The first kappa shape index (κ1) is 24.0. The van der Waals surface area contributed by atoms with Gasteiger partial charge in [-0.2, -0.15) is 0 Å². The Balaban J connectivity index is 1.50. The van der Waals surface area contributed by atoms with Gasteiger partial charge < -0.3 is 20.4 Å². The molecule has 0 aromatic heterocycles. The zero-order valence-electron chi connectivity index (χ0n) is 20.4. The highest BCUT2D eigenvalue weighted by Gasteiger charge is 2.67. The monoisotopic (exact) mass is 436 g/mol. The van der Waals surface area contributed by atoms with Crippen LogP contribution in [0.15, 0.2) is 0 Å². The van der Waals surface area contributed by atoms with E-state index in [2.05, 4.69) is 27.7 Å². The molecular formula is C27H48O4. The summed E-state index contributed by atoms with van der Waals surface area (Å²) in [6.45, 7) is 9.65. The molecule has 0 aromatic carbocycles. The van der Waals surface area contributed by atoms with E-state index in [-0.39, 0.29) is 5.41 Å². The van der Waals surface area contributed by atoms with Gasteiger partial charge in [0.05, 0.1) is 17.8 Å². The maximum absolute atomic E-state index is 11.6. The minimum absolute atomic E-state index is 0.278. The van der Waals surface area contributed by atoms with Gasteiger partial charge >= 0.3 is 0 Å². The Labute approximate surface area is 189 Å². The Morgan fingerprint density at radius 1 is 0.935 bits per heavy atom. The molecule has 0 aromatic rings. The van der Waals surface area contributed by atoms with Gasteiger partial charge in [-0.3, -0.25) is 0 Å². The largest absolute Gasteiger partial charge is 0.396 e. The highest BCUT2D eigenvalue weighted by Crippen LogP contribution is 2.69. The van der Waals surface area contributed by atoms with Gasteiger partial charge in [0.2, 0.25) is 0 Å². The van der Waals surface area contributed by atoms with E-state index in [1.54, 1.807) is 0 Å². The van der Waals surface area contributed by atoms with E-state index in [0.717, 1.165) is 31.6 Å². The molecule has 0 heterocycles. The molecule has 11 atom stereocenters. The fourth-order valence-corrected chi connectivity index (χ4v) is 9.32. The van der Waals surface area contributed by atoms with E-state index >= 15 is 0 Å². The molecule has 31 heavy (non-hydrogen) atoms. The van der Waals surface area contributed by atoms with Crippen LogP contribution in [0.2, 0.25) is 0 Å². The lowest BCUT2D eigenvalue weighted by molar-refractivity contribution is -0.264. The third-order valence-electron chi connectivity index (χ3n) is 11.3. The molecule has 4 fully saturated rings. The molecular weight excluding hydrogens is 388 g/mol. The van der Waals surface area contributed by atoms with Crippen LogP contribution >= 0.6 is 0 Å². The second-order valence-electron chi connectivity index (χ2n) is 12.8. The van der Waals surface area contributed by atoms with Gasteiger partial charge in [-0.25, -0.2) is 0 Å². The van der Waals surface area contributed by atoms with Crippen LogP contribution in [-0.4, -0.2) is 44.8 Å². The predicted molar refractivity (Wildman–Crippen MR) is 123 cm³/mol. The summed E-state index contributed by atoms with van der Waals surface area (Å²) in [5.41, 5.74) is -1.06. The Hall–Kier alpha value is -0.160. The quantitative estimate of drug-likeness (QED) is 0.493. The summed E-state index contributed by atoms with van der Waals surface area (Å²) in [7, 11) is 0. The standard InChI is InChI=1S/C27H48O4/c1-17(16-28)6-5-7-18(2)21-8-9-22-20-14-24(30)27(31)15-19(29)10-13-26(27,4)23(20)11-12-25(21,22)3/h17-24,28-31H,5-16H2,1-4H3/t17-,18-,19+,20+,21-,22+,23+,24-,25-,26-,27+/m1/s1. The maximum Gasteiger partial charge on any atom is 0.0985 e. The van der Waals surface area contributed by atoms with Crippen molar-refractivity contribution in [1.82, 2.24) is 0 Å². The van der Waals surface area contributed by atoms with Gasteiger partial charge in [-0.15, -0.1) is 0 Å². The van der Waals surface area contributed by atoms with Crippen molar-refractivity contribution in [3.8, 4) is 0 Å². The van der Waals surface area contributed by atoms with Gasteiger partial charge in [0.25, 0.3) is 0 Å². The number of aliphatic hydroxyl groups excluding tert-OH is 3. The lowest BCUT2D eigenvalue weighted by atomic mass is 9.42. The molecule has 4 nitrogen and oxygen atoms in total. The molecule has 0 saturated heterocycles. The van der Waals surface area contributed by atoms with E-state index in [4.69, 9.17) is 0 Å². The normalized spacial score (nSPS) is 51.5. The van der Waals surface area contributed by atoms with E-state index in [1.807, 2.05) is 0 Å². The van der Waals surface area contributed by atoms with Crippen LogP contribution in [-0.2, 0) is 0 Å². The molecule has 4 N–H and O–H groups in total. The molecule has 4 aliphatic carbocycles. The summed E-state index contributed by atoms with van der Waals surface area (Å²) in [4.78, 5) is 0. The molecule has 4 heteroatoms. The number of rotatable bonds is 6. The third-order valence-corrected chi connectivity index (χ3v) is 11.3. The number of hydrogen-bond acceptors (Lipinski definition) is 4. The van der Waals surface area contributed by atoms with Crippen molar-refractivity contribution >= 4 is 0 Å². The number of hydrogen-bond donors (Lipinski definition) is 4. The highest BCUT2D eigenvalue weighted by atomic mass is 16.3. The van der Waals surface area contributed by atoms with Crippen molar-refractivity contribution in [2.75, 3.05) is 6.61 Å². The fourth-order valence-electron chi connectivity index (χ4n) is 9.32. The van der Waals surface area contributed by atoms with Crippen LogP contribution < -0.4 is 0 Å². The first-order chi connectivity index (χ1) is 14.6. The zero-order chi connectivity index (χ0) is 22.6. The number of fused-ring (bicyclic) bond motifs is 5. The van der Waals surface area contributed by atoms with Crippen LogP contribution in [0.25, 0.3) is 0 Å². The SMILES string of the molecule is C[C@@H](CO)CCC[C@@H](C)[C@H]1CC[C@H]2[C@@H]3C[C@@H](O)[C@@]4(O)C[C@@H](O)CC[C@]4(C)[C@H]3CC[C@]12C. The molecule has 0 unspecified atom stereocenters. The second-order valence-corrected chi connectivity index (χ2v) is 12.8. The van der Waals surface area contributed by atoms with Crippen LogP contribution in [0, 0.1) is 46.3 Å². The smallest absolute Gasteiger partial charge is 0.0985 e. The Bertz CT molecular complexity index is 639. The molecule has 0 spiro atoms. The summed E-state index contributed by atoms with van der Waals surface area (Å²) in [5, 5.41) is 42.4. The molecule has 0 aliphatic heterocycles. The van der Waals surface area contributed by atoms with Gasteiger partial charge in [0.15, 0.2) is 0 Å². The third kappa shape index (κ3) is 3.72.